The summed E-state index contributed by atoms with van der Waals surface area (Å²) in [5, 5.41) is 5.11. The van der Waals surface area contributed by atoms with Crippen LogP contribution in [0.15, 0.2) is 67.0 Å². The van der Waals surface area contributed by atoms with E-state index in [1.807, 2.05) is 18.2 Å². The highest BCUT2D eigenvalue weighted by Gasteiger charge is 2.31. The lowest BCUT2D eigenvalue weighted by atomic mass is 10.2. The molecular weight excluding hydrogens is 427 g/mol. The number of hydrogen-bond donors (Lipinski definition) is 2. The number of nitrogens with one attached hydrogen (secondary N) is 2. The van der Waals surface area contributed by atoms with Crippen molar-refractivity contribution < 1.29 is 32.2 Å². The second-order valence-electron chi connectivity index (χ2n) is 6.47. The van der Waals surface area contributed by atoms with Gasteiger partial charge in [0.05, 0.1) is 12.8 Å². The number of alkyl halides is 3. The van der Waals surface area contributed by atoms with Crippen LogP contribution in [-0.2, 0) is 13.2 Å². The number of nitrogens with zero attached hydrogens (tertiary/aromatic N) is 1. The molecule has 3 rings (SSSR count). The molecule has 10 heteroatoms. The van der Waals surface area contributed by atoms with Gasteiger partial charge in [0, 0.05) is 30.6 Å². The third-order valence-corrected chi connectivity index (χ3v) is 4.21. The van der Waals surface area contributed by atoms with E-state index in [-0.39, 0.29) is 18.0 Å². The molecule has 7 nitrogen and oxygen atoms in total. The molecule has 2 N–H and O–H groups in total. The largest absolute Gasteiger partial charge is 0.573 e. The van der Waals surface area contributed by atoms with Gasteiger partial charge in [0.25, 0.3) is 0 Å². The molecule has 3 aromatic rings. The van der Waals surface area contributed by atoms with Gasteiger partial charge in [0.1, 0.15) is 23.9 Å². The Morgan fingerprint density at radius 1 is 1.03 bits per heavy atom. The number of halogens is 3. The van der Waals surface area contributed by atoms with Crippen molar-refractivity contribution in [2.45, 2.75) is 19.5 Å². The van der Waals surface area contributed by atoms with Gasteiger partial charge < -0.3 is 24.8 Å². The molecule has 168 valence electrons. The molecule has 1 aromatic heterocycles. The molecule has 0 saturated carbocycles. The van der Waals surface area contributed by atoms with Crippen LogP contribution in [0.25, 0.3) is 0 Å². The Morgan fingerprint density at radius 2 is 1.78 bits per heavy atom. The van der Waals surface area contributed by atoms with Gasteiger partial charge in [-0.25, -0.2) is 4.79 Å². The first kappa shape index (κ1) is 22.7. The highest BCUT2D eigenvalue weighted by molar-refractivity contribution is 5.91. The van der Waals surface area contributed by atoms with Gasteiger partial charge in [-0.3, -0.25) is 4.98 Å². The average molecular weight is 447 g/mol. The van der Waals surface area contributed by atoms with Gasteiger partial charge in [0.2, 0.25) is 0 Å². The van der Waals surface area contributed by atoms with Gasteiger partial charge >= 0.3 is 12.4 Å². The van der Waals surface area contributed by atoms with Crippen molar-refractivity contribution in [3.05, 3.63) is 78.1 Å². The van der Waals surface area contributed by atoms with E-state index in [1.54, 1.807) is 30.6 Å². The van der Waals surface area contributed by atoms with Crippen LogP contribution < -0.4 is 24.8 Å². The van der Waals surface area contributed by atoms with Crippen LogP contribution in [0.4, 0.5) is 23.7 Å². The number of anilines is 1. The standard InChI is InChI=1S/C22H20F3N3O4/c1-30-20-7-6-17(32-22(23,24)25)12-18(20)28-21(29)27-13-16-4-2-3-5-19(16)31-14-15-8-10-26-11-9-15/h2-12H,13-14H2,1H3,(H2,27,28,29). The fourth-order valence-electron chi connectivity index (χ4n) is 2.75. The number of benzene rings is 2. The zero-order valence-electron chi connectivity index (χ0n) is 17.0. The number of methoxy groups -OCH3 is 1. The van der Waals surface area contributed by atoms with E-state index in [9.17, 15) is 18.0 Å². The molecule has 2 aromatic carbocycles. The molecule has 0 atom stereocenters. The summed E-state index contributed by atoms with van der Waals surface area (Å²) in [6, 6.07) is 13.6. The number of rotatable bonds is 8. The molecule has 0 fully saturated rings. The SMILES string of the molecule is COc1ccc(OC(F)(F)F)cc1NC(=O)NCc1ccccc1OCc1ccncc1. The van der Waals surface area contributed by atoms with Crippen molar-refractivity contribution in [1.29, 1.82) is 0 Å². The topological polar surface area (TPSA) is 81.7 Å². The first-order valence-corrected chi connectivity index (χ1v) is 9.42. The van der Waals surface area contributed by atoms with Gasteiger partial charge in [-0.05, 0) is 35.9 Å². The number of amides is 2. The second kappa shape index (κ2) is 10.4. The molecule has 32 heavy (non-hydrogen) atoms. The van der Waals surface area contributed by atoms with Crippen molar-refractivity contribution in [2.75, 3.05) is 12.4 Å². The van der Waals surface area contributed by atoms with Crippen molar-refractivity contribution in [3.8, 4) is 17.2 Å². The molecule has 0 aliphatic rings. The van der Waals surface area contributed by atoms with Gasteiger partial charge in [-0.2, -0.15) is 0 Å². The van der Waals surface area contributed by atoms with Gasteiger partial charge in [0.15, 0.2) is 0 Å². The number of carbonyl (C=O) groups is 1. The highest BCUT2D eigenvalue weighted by Crippen LogP contribution is 2.32. The molecule has 0 spiro atoms. The Balaban J connectivity index is 1.62. The van der Waals surface area contributed by atoms with Crippen LogP contribution in [0.3, 0.4) is 0 Å². The molecule has 0 bridgehead atoms. The number of hydrogen-bond acceptors (Lipinski definition) is 5. The van der Waals surface area contributed by atoms with Crippen molar-refractivity contribution in [3.63, 3.8) is 0 Å². The second-order valence-corrected chi connectivity index (χ2v) is 6.47. The molecule has 1 heterocycles. The molecule has 0 aliphatic carbocycles. The molecule has 0 radical (unpaired) electrons. The van der Waals surface area contributed by atoms with Crippen LogP contribution in [0.2, 0.25) is 0 Å². The molecule has 0 saturated heterocycles. The normalized spacial score (nSPS) is 10.9. The quantitative estimate of drug-likeness (QED) is 0.514. The summed E-state index contributed by atoms with van der Waals surface area (Å²) in [6.07, 6.45) is -1.52. The van der Waals surface area contributed by atoms with E-state index in [1.165, 1.54) is 13.2 Å². The summed E-state index contributed by atoms with van der Waals surface area (Å²) in [4.78, 5) is 16.3. The smallest absolute Gasteiger partial charge is 0.495 e. The Kier molecular flexibility index (Phi) is 7.37. The lowest BCUT2D eigenvalue weighted by Crippen LogP contribution is -2.28. The number of urea groups is 1. The Hall–Kier alpha value is -3.95. The summed E-state index contributed by atoms with van der Waals surface area (Å²) in [6.45, 7) is 0.453. The number of para-hydroxylation sites is 1. The van der Waals surface area contributed by atoms with E-state index in [2.05, 4.69) is 20.4 Å². The number of carbonyl (C=O) groups excluding carboxylic acids is 1. The van der Waals surface area contributed by atoms with Crippen LogP contribution in [0.5, 0.6) is 17.2 Å². The van der Waals surface area contributed by atoms with E-state index < -0.39 is 18.1 Å². The first-order valence-electron chi connectivity index (χ1n) is 9.42. The number of pyridine rings is 1. The van der Waals surface area contributed by atoms with Crippen molar-refractivity contribution in [2.24, 2.45) is 0 Å². The lowest BCUT2D eigenvalue weighted by molar-refractivity contribution is -0.274. The van der Waals surface area contributed by atoms with Crippen molar-refractivity contribution >= 4 is 11.7 Å². The fourth-order valence-corrected chi connectivity index (χ4v) is 2.75. The third kappa shape index (κ3) is 6.79. The van der Waals surface area contributed by atoms with Gasteiger partial charge in [-0.1, -0.05) is 18.2 Å². The van der Waals surface area contributed by atoms with E-state index in [0.29, 0.717) is 12.4 Å². The monoisotopic (exact) mass is 447 g/mol. The summed E-state index contributed by atoms with van der Waals surface area (Å²) >= 11 is 0. The maximum Gasteiger partial charge on any atom is 0.573 e. The van der Waals surface area contributed by atoms with Crippen LogP contribution >= 0.6 is 0 Å². The van der Waals surface area contributed by atoms with E-state index in [4.69, 9.17) is 9.47 Å². The highest BCUT2D eigenvalue weighted by atomic mass is 19.4. The minimum atomic E-state index is -4.85. The lowest BCUT2D eigenvalue weighted by Gasteiger charge is -2.15. The number of aromatic nitrogens is 1. The predicted octanol–water partition coefficient (Wildman–Crippen LogP) is 4.89. The molecule has 2 amide bonds. The summed E-state index contributed by atoms with van der Waals surface area (Å²) < 4.78 is 52.2. The average Bonchev–Trinajstić information content (AvgIpc) is 2.76. The van der Waals surface area contributed by atoms with Crippen molar-refractivity contribution in [1.82, 2.24) is 10.3 Å². The minimum Gasteiger partial charge on any atom is -0.495 e. The maximum absolute atomic E-state index is 12.5. The number of ether oxygens (including phenoxy) is 3. The Labute approximate surface area is 182 Å². The summed E-state index contributed by atoms with van der Waals surface area (Å²) in [7, 11) is 1.33. The molecule has 0 aliphatic heterocycles. The minimum absolute atomic E-state index is 0.0222. The zero-order chi connectivity index (χ0) is 23.0. The summed E-state index contributed by atoms with van der Waals surface area (Å²) in [5.74, 6) is 0.280. The van der Waals surface area contributed by atoms with E-state index in [0.717, 1.165) is 23.3 Å². The third-order valence-electron chi connectivity index (χ3n) is 4.21. The summed E-state index contributed by atoms with van der Waals surface area (Å²) in [5.41, 5.74) is 1.68. The zero-order valence-corrected chi connectivity index (χ0v) is 17.0. The van der Waals surface area contributed by atoms with Crippen LogP contribution in [0.1, 0.15) is 11.1 Å². The Morgan fingerprint density at radius 3 is 2.50 bits per heavy atom. The maximum atomic E-state index is 12.5. The predicted molar refractivity (Wildman–Crippen MR) is 111 cm³/mol. The van der Waals surface area contributed by atoms with E-state index >= 15 is 0 Å². The molecule has 0 unspecified atom stereocenters. The first-order chi connectivity index (χ1) is 15.3. The Bertz CT molecular complexity index is 1050. The van der Waals surface area contributed by atoms with Crippen LogP contribution in [0, 0.1) is 0 Å². The van der Waals surface area contributed by atoms with Gasteiger partial charge in [-0.15, -0.1) is 13.2 Å². The van der Waals surface area contributed by atoms with Crippen LogP contribution in [-0.4, -0.2) is 24.5 Å². The fraction of sp³-hybridized carbons (Fsp3) is 0.182. The molecular formula is C22H20F3N3O4.